The van der Waals surface area contributed by atoms with Crippen molar-refractivity contribution in [3.63, 3.8) is 0 Å². The quantitative estimate of drug-likeness (QED) is 0.204. The molecular weight excluding hydrogens is 548 g/mol. The monoisotopic (exact) mass is 588 g/mol. The first-order valence-electron chi connectivity index (χ1n) is 14.9. The van der Waals surface area contributed by atoms with Gasteiger partial charge in [-0.3, -0.25) is 14.4 Å². The van der Waals surface area contributed by atoms with E-state index >= 15 is 0 Å². The number of esters is 1. The first kappa shape index (κ1) is 30.5. The molecule has 2 unspecified atom stereocenters. The zero-order chi connectivity index (χ0) is 30.6. The van der Waals surface area contributed by atoms with Gasteiger partial charge < -0.3 is 29.1 Å². The predicted molar refractivity (Wildman–Crippen MR) is 161 cm³/mol. The lowest BCUT2D eigenvalue weighted by atomic mass is 9.70. The maximum Gasteiger partial charge on any atom is 0.312 e. The van der Waals surface area contributed by atoms with Crippen LogP contribution in [0.5, 0.6) is 5.75 Å². The van der Waals surface area contributed by atoms with Crippen LogP contribution in [0, 0.1) is 11.8 Å². The van der Waals surface area contributed by atoms with Crippen LogP contribution in [0.3, 0.4) is 0 Å². The third-order valence-electron chi connectivity index (χ3n) is 8.92. The number of carbonyl (C=O) groups excluding carboxylic acids is 3. The molecule has 3 heterocycles. The van der Waals surface area contributed by atoms with Gasteiger partial charge in [-0.1, -0.05) is 42.5 Å². The Morgan fingerprint density at radius 3 is 2.56 bits per heavy atom. The Labute approximate surface area is 252 Å². The maximum atomic E-state index is 14.7. The van der Waals surface area contributed by atoms with Crippen molar-refractivity contribution in [1.82, 2.24) is 4.90 Å². The van der Waals surface area contributed by atoms with Crippen LogP contribution in [0.1, 0.15) is 31.2 Å². The number of hydrogen-bond acceptors (Lipinski definition) is 7. The first-order chi connectivity index (χ1) is 20.9. The van der Waals surface area contributed by atoms with Gasteiger partial charge in [0.1, 0.15) is 17.4 Å². The minimum absolute atomic E-state index is 0.186. The van der Waals surface area contributed by atoms with Crippen LogP contribution in [0.2, 0.25) is 0 Å². The summed E-state index contributed by atoms with van der Waals surface area (Å²) >= 11 is 0. The second-order valence-corrected chi connectivity index (χ2v) is 11.4. The van der Waals surface area contributed by atoms with Gasteiger partial charge in [0.05, 0.1) is 44.3 Å². The van der Waals surface area contributed by atoms with Crippen LogP contribution in [-0.2, 0) is 30.3 Å². The standard InChI is InChI=1S/C34H40N2O7/c1-4-6-10-20-42-33(40)28-27-17-18-34(43-27)29(28)31(38)36(25(22-37)21-23-11-8-7-9-12-23)30(34)32(39)35(19-5-2)24-13-15-26(41-3)16-14-24/h4-5,7-9,11-16,25,27-30,37H,1-2,6,10,17-22H2,3H3/t25-,27-,28+,29+,30?,34?/m1/s1. The number of carbonyl (C=O) groups is 3. The lowest BCUT2D eigenvalue weighted by Gasteiger charge is -2.39. The van der Waals surface area contributed by atoms with E-state index in [-0.39, 0.29) is 31.6 Å². The molecule has 2 aromatic carbocycles. The molecule has 228 valence electrons. The summed E-state index contributed by atoms with van der Waals surface area (Å²) < 4.78 is 17.5. The number of benzene rings is 2. The highest BCUT2D eigenvalue weighted by atomic mass is 16.6. The van der Waals surface area contributed by atoms with Crippen molar-refractivity contribution in [3.8, 4) is 5.75 Å². The Hall–Kier alpha value is -3.95. The van der Waals surface area contributed by atoms with E-state index in [0.29, 0.717) is 43.5 Å². The summed E-state index contributed by atoms with van der Waals surface area (Å²) in [6.07, 6.45) is 5.51. The molecule has 0 aromatic heterocycles. The number of allylic oxidation sites excluding steroid dienone is 1. The van der Waals surface area contributed by atoms with Crippen molar-refractivity contribution in [3.05, 3.63) is 85.5 Å². The number of amides is 2. The van der Waals surface area contributed by atoms with Crippen molar-refractivity contribution >= 4 is 23.5 Å². The Balaban J connectivity index is 1.54. The average Bonchev–Trinajstić information content (AvgIpc) is 3.68. The number of anilines is 1. The number of methoxy groups -OCH3 is 1. The Morgan fingerprint density at radius 2 is 1.91 bits per heavy atom. The van der Waals surface area contributed by atoms with Gasteiger partial charge in [-0.25, -0.2) is 0 Å². The molecule has 2 bridgehead atoms. The van der Waals surface area contributed by atoms with Crippen LogP contribution >= 0.6 is 0 Å². The number of aliphatic hydroxyl groups excluding tert-OH is 1. The number of nitrogens with zero attached hydrogens (tertiary/aromatic N) is 2. The summed E-state index contributed by atoms with van der Waals surface area (Å²) in [6.45, 7) is 7.60. The molecule has 2 amide bonds. The predicted octanol–water partition coefficient (Wildman–Crippen LogP) is 3.70. The Bertz CT molecular complexity index is 1330. The van der Waals surface area contributed by atoms with E-state index in [4.69, 9.17) is 14.2 Å². The van der Waals surface area contributed by atoms with Crippen LogP contribution in [0.4, 0.5) is 5.69 Å². The van der Waals surface area contributed by atoms with E-state index in [0.717, 1.165) is 5.56 Å². The minimum Gasteiger partial charge on any atom is -0.497 e. The molecule has 3 fully saturated rings. The summed E-state index contributed by atoms with van der Waals surface area (Å²) in [4.78, 5) is 45.7. The topological polar surface area (TPSA) is 106 Å². The summed E-state index contributed by atoms with van der Waals surface area (Å²) in [5.74, 6) is -2.27. The highest BCUT2D eigenvalue weighted by Gasteiger charge is 2.75. The summed E-state index contributed by atoms with van der Waals surface area (Å²) in [5, 5.41) is 10.7. The number of rotatable bonds is 14. The van der Waals surface area contributed by atoms with Gasteiger partial charge in [0, 0.05) is 12.2 Å². The lowest BCUT2D eigenvalue weighted by Crippen LogP contribution is -2.59. The van der Waals surface area contributed by atoms with E-state index in [1.54, 1.807) is 48.4 Å². The maximum absolute atomic E-state index is 14.7. The third kappa shape index (κ3) is 5.59. The smallest absolute Gasteiger partial charge is 0.312 e. The number of ether oxygens (including phenoxy) is 3. The minimum atomic E-state index is -1.22. The van der Waals surface area contributed by atoms with Gasteiger partial charge >= 0.3 is 5.97 Å². The second kappa shape index (κ2) is 13.1. The zero-order valence-corrected chi connectivity index (χ0v) is 24.6. The van der Waals surface area contributed by atoms with E-state index in [1.165, 1.54) is 4.90 Å². The number of fused-ring (bicyclic) bond motifs is 1. The van der Waals surface area contributed by atoms with E-state index in [9.17, 15) is 19.5 Å². The average molecular weight is 589 g/mol. The van der Waals surface area contributed by atoms with Gasteiger partial charge in [0.2, 0.25) is 5.91 Å². The fraction of sp³-hybridized carbons (Fsp3) is 0.441. The third-order valence-corrected chi connectivity index (χ3v) is 8.92. The fourth-order valence-corrected chi connectivity index (χ4v) is 7.03. The summed E-state index contributed by atoms with van der Waals surface area (Å²) in [6, 6.07) is 14.8. The van der Waals surface area contributed by atoms with Crippen molar-refractivity contribution in [2.45, 2.75) is 55.9 Å². The molecule has 3 aliphatic rings. The van der Waals surface area contributed by atoms with Crippen LogP contribution in [-0.4, -0.2) is 78.4 Å². The molecule has 6 atom stereocenters. The zero-order valence-electron chi connectivity index (χ0n) is 24.6. The van der Waals surface area contributed by atoms with E-state index < -0.39 is 41.6 Å². The second-order valence-electron chi connectivity index (χ2n) is 11.4. The molecule has 1 N–H and O–H groups in total. The molecule has 3 aliphatic heterocycles. The summed E-state index contributed by atoms with van der Waals surface area (Å²) in [7, 11) is 1.57. The lowest BCUT2D eigenvalue weighted by molar-refractivity contribution is -0.155. The molecule has 0 radical (unpaired) electrons. The molecule has 5 rings (SSSR count). The molecule has 2 aromatic rings. The number of unbranched alkanes of at least 4 members (excludes halogenated alkanes) is 1. The molecule has 1 spiro atoms. The van der Waals surface area contributed by atoms with E-state index in [2.05, 4.69) is 13.2 Å². The molecule has 9 nitrogen and oxygen atoms in total. The van der Waals surface area contributed by atoms with Crippen molar-refractivity contribution < 1.29 is 33.7 Å². The molecule has 3 saturated heterocycles. The molecule has 0 aliphatic carbocycles. The fourth-order valence-electron chi connectivity index (χ4n) is 7.03. The number of hydrogen-bond donors (Lipinski definition) is 1. The Kier molecular flexibility index (Phi) is 9.32. The van der Waals surface area contributed by atoms with Gasteiger partial charge in [-0.2, -0.15) is 0 Å². The van der Waals surface area contributed by atoms with Crippen LogP contribution < -0.4 is 9.64 Å². The highest BCUT2D eigenvalue weighted by molar-refractivity contribution is 6.04. The van der Waals surface area contributed by atoms with Crippen molar-refractivity contribution in [2.24, 2.45) is 11.8 Å². The van der Waals surface area contributed by atoms with Crippen LogP contribution in [0.15, 0.2) is 79.9 Å². The van der Waals surface area contributed by atoms with Crippen LogP contribution in [0.25, 0.3) is 0 Å². The largest absolute Gasteiger partial charge is 0.497 e. The van der Waals surface area contributed by atoms with Gasteiger partial charge in [-0.05, 0) is 61.9 Å². The summed E-state index contributed by atoms with van der Waals surface area (Å²) in [5.41, 5.74) is 0.295. The number of aliphatic hydroxyl groups is 1. The van der Waals surface area contributed by atoms with Crippen molar-refractivity contribution in [2.75, 3.05) is 31.8 Å². The number of likely N-dealkylation sites (tertiary alicyclic amines) is 1. The SMILES string of the molecule is C=CCCCOC(=O)[C@@H]1[C@H]2C(=O)N([C@@H](CO)Cc3ccccc3)C(C(=O)N(CC=C)c3ccc(OC)cc3)C23CC[C@H]1O3. The first-order valence-corrected chi connectivity index (χ1v) is 14.9. The van der Waals surface area contributed by atoms with Gasteiger partial charge in [-0.15, -0.1) is 13.2 Å². The molecule has 9 heteroatoms. The van der Waals surface area contributed by atoms with Gasteiger partial charge in [0.15, 0.2) is 0 Å². The van der Waals surface area contributed by atoms with Crippen molar-refractivity contribution in [1.29, 1.82) is 0 Å². The van der Waals surface area contributed by atoms with E-state index in [1.807, 2.05) is 30.3 Å². The van der Waals surface area contributed by atoms with Gasteiger partial charge in [0.25, 0.3) is 5.91 Å². The molecular formula is C34H40N2O7. The Morgan fingerprint density at radius 1 is 1.16 bits per heavy atom. The molecule has 0 saturated carbocycles. The molecule has 43 heavy (non-hydrogen) atoms. The normalized spacial score (nSPS) is 26.1. The highest BCUT2D eigenvalue weighted by Crippen LogP contribution is 2.59.